The molecule has 2 aromatic carbocycles. The summed E-state index contributed by atoms with van der Waals surface area (Å²) in [6, 6.07) is 23.4. The number of hydrogen-bond donors (Lipinski definition) is 0. The first kappa shape index (κ1) is 29.4. The van der Waals surface area contributed by atoms with Crippen LogP contribution < -0.4 is 0 Å². The van der Waals surface area contributed by atoms with Crippen molar-refractivity contribution in [2.24, 2.45) is 10.2 Å². The predicted molar refractivity (Wildman–Crippen MR) is 167 cm³/mol. The third-order valence-corrected chi connectivity index (χ3v) is 11.4. The molecular weight excluding hydrogens is 632 g/mol. The van der Waals surface area contributed by atoms with Gasteiger partial charge in [0, 0.05) is 56.7 Å². The zero-order chi connectivity index (χ0) is 27.9. The van der Waals surface area contributed by atoms with E-state index in [9.17, 15) is 0 Å². The molecule has 0 amide bonds. The van der Waals surface area contributed by atoms with Gasteiger partial charge in [0.2, 0.25) is 0 Å². The summed E-state index contributed by atoms with van der Waals surface area (Å²) in [5.41, 5.74) is 20.3. The molecule has 0 N–H and O–H groups in total. The summed E-state index contributed by atoms with van der Waals surface area (Å²) in [7, 11) is 0. The second-order valence-corrected chi connectivity index (χ2v) is 13.8. The van der Waals surface area contributed by atoms with E-state index < -0.39 is 0 Å². The van der Waals surface area contributed by atoms with E-state index in [4.69, 9.17) is 11.1 Å². The van der Waals surface area contributed by atoms with Gasteiger partial charge in [0.1, 0.15) is 0 Å². The van der Waals surface area contributed by atoms with E-state index in [1.165, 1.54) is 24.0 Å². The predicted octanol–water partition coefficient (Wildman–Crippen LogP) is 8.51. The van der Waals surface area contributed by atoms with Crippen LogP contribution in [0.15, 0.2) is 70.9 Å². The van der Waals surface area contributed by atoms with Gasteiger partial charge in [-0.15, -0.1) is 0 Å². The molecule has 4 aliphatic heterocycles. The standard InChI is InChI=1S/2C15H19BrN4/c16-12-6-8-15-13(18-19-17)7-9-14(12)20(15)10-11-4-2-1-3-5-11;16-12-6-7-13(18-19-17)15-9-8-14(12)20(15)10-11-4-2-1-3-5-11/h2*1-5,12-15H,6-10H2. The Hall–Kier alpha value is -2.06. The van der Waals surface area contributed by atoms with E-state index >= 15 is 0 Å². The number of piperidine rings is 2. The van der Waals surface area contributed by atoms with E-state index in [0.29, 0.717) is 33.8 Å². The number of benzene rings is 2. The lowest BCUT2D eigenvalue weighted by molar-refractivity contribution is 0.0257. The van der Waals surface area contributed by atoms with Crippen LogP contribution in [0, 0.1) is 0 Å². The molecule has 0 aliphatic carbocycles. The SMILES string of the molecule is [N-]=[N+]=NC1CCC(Br)C2CCC1N2Cc1ccccc1.[N-]=[N+]=NC1CCC2C(Br)CCC1N2Cc1ccccc1. The Morgan fingerprint density at radius 2 is 0.950 bits per heavy atom. The molecular formula is C30H38Br2N8. The molecule has 4 fully saturated rings. The van der Waals surface area contributed by atoms with Crippen LogP contribution >= 0.6 is 31.9 Å². The van der Waals surface area contributed by atoms with Gasteiger partial charge < -0.3 is 0 Å². The fourth-order valence-electron chi connectivity index (χ4n) is 7.33. The topological polar surface area (TPSA) is 104 Å². The Morgan fingerprint density at radius 1 is 0.575 bits per heavy atom. The maximum absolute atomic E-state index is 8.81. The highest BCUT2D eigenvalue weighted by Crippen LogP contribution is 2.41. The summed E-state index contributed by atoms with van der Waals surface area (Å²) < 4.78 is 0. The average Bonchev–Trinajstić information content (AvgIpc) is 3.33. The Labute approximate surface area is 254 Å². The molecule has 10 heteroatoms. The molecule has 8 atom stereocenters. The summed E-state index contributed by atoms with van der Waals surface area (Å²) >= 11 is 7.69. The minimum Gasteiger partial charge on any atom is -0.292 e. The van der Waals surface area contributed by atoms with Gasteiger partial charge in [0.25, 0.3) is 0 Å². The number of fused-ring (bicyclic) bond motifs is 4. The highest BCUT2D eigenvalue weighted by atomic mass is 79.9. The van der Waals surface area contributed by atoms with Crippen molar-refractivity contribution in [3.8, 4) is 0 Å². The van der Waals surface area contributed by atoms with Crippen molar-refractivity contribution in [1.82, 2.24) is 9.80 Å². The molecule has 8 unspecified atom stereocenters. The number of nitrogens with zero attached hydrogens (tertiary/aromatic N) is 8. The first-order valence-corrected chi connectivity index (χ1v) is 16.4. The molecule has 6 rings (SSSR count). The fourth-order valence-corrected chi connectivity index (χ4v) is 9.00. The second kappa shape index (κ2) is 14.2. The van der Waals surface area contributed by atoms with E-state index in [0.717, 1.165) is 51.6 Å². The van der Waals surface area contributed by atoms with Crippen molar-refractivity contribution < 1.29 is 0 Å². The summed E-state index contributed by atoms with van der Waals surface area (Å²) in [5.74, 6) is 0. The normalized spacial score (nSPS) is 33.5. The molecule has 0 spiro atoms. The van der Waals surface area contributed by atoms with Gasteiger partial charge >= 0.3 is 0 Å². The second-order valence-electron chi connectivity index (χ2n) is 11.5. The quantitative estimate of drug-likeness (QED) is 0.133. The van der Waals surface area contributed by atoms with Gasteiger partial charge in [-0.25, -0.2) is 0 Å². The maximum Gasteiger partial charge on any atom is 0.0530 e. The smallest absolute Gasteiger partial charge is 0.0530 e. The monoisotopic (exact) mass is 668 g/mol. The van der Waals surface area contributed by atoms with E-state index in [-0.39, 0.29) is 12.1 Å². The number of halogens is 2. The maximum atomic E-state index is 8.81. The highest BCUT2D eigenvalue weighted by Gasteiger charge is 2.44. The number of alkyl halides is 2. The van der Waals surface area contributed by atoms with Gasteiger partial charge in [0.05, 0.1) is 12.1 Å². The molecule has 4 bridgehead atoms. The molecule has 4 heterocycles. The van der Waals surface area contributed by atoms with Crippen LogP contribution in [0.25, 0.3) is 20.9 Å². The molecule has 0 radical (unpaired) electrons. The van der Waals surface area contributed by atoms with Crippen LogP contribution in [0.3, 0.4) is 0 Å². The minimum atomic E-state index is 0.122. The number of rotatable bonds is 6. The van der Waals surface area contributed by atoms with Gasteiger partial charge in [-0.3, -0.25) is 9.80 Å². The van der Waals surface area contributed by atoms with Crippen LogP contribution in [0.4, 0.5) is 0 Å². The first-order chi connectivity index (χ1) is 19.6. The Bertz CT molecular complexity index is 1140. The number of azide groups is 2. The zero-order valence-electron chi connectivity index (χ0n) is 22.8. The molecule has 4 saturated heterocycles. The fraction of sp³-hybridized carbons (Fsp3) is 0.600. The largest absolute Gasteiger partial charge is 0.292 e. The van der Waals surface area contributed by atoms with Gasteiger partial charge in [-0.1, -0.05) is 103 Å². The van der Waals surface area contributed by atoms with E-state index in [1.54, 1.807) is 0 Å². The van der Waals surface area contributed by atoms with Crippen molar-refractivity contribution in [2.45, 2.75) is 110 Å². The van der Waals surface area contributed by atoms with Crippen molar-refractivity contribution in [3.63, 3.8) is 0 Å². The van der Waals surface area contributed by atoms with Crippen molar-refractivity contribution in [3.05, 3.63) is 92.7 Å². The summed E-state index contributed by atoms with van der Waals surface area (Å²) in [5, 5.41) is 8.11. The van der Waals surface area contributed by atoms with E-state index in [2.05, 4.69) is 122 Å². The van der Waals surface area contributed by atoms with Gasteiger partial charge in [-0.2, -0.15) is 0 Å². The molecule has 4 aliphatic rings. The van der Waals surface area contributed by atoms with Crippen molar-refractivity contribution in [1.29, 1.82) is 0 Å². The third kappa shape index (κ3) is 6.87. The summed E-state index contributed by atoms with van der Waals surface area (Å²) in [6.07, 6.45) is 8.85. The van der Waals surface area contributed by atoms with Crippen molar-refractivity contribution in [2.75, 3.05) is 0 Å². The lowest BCUT2D eigenvalue weighted by Gasteiger charge is -2.51. The first-order valence-electron chi connectivity index (χ1n) is 14.5. The molecule has 212 valence electrons. The molecule has 0 saturated carbocycles. The molecule has 40 heavy (non-hydrogen) atoms. The Kier molecular flexibility index (Phi) is 10.5. The van der Waals surface area contributed by atoms with Crippen LogP contribution in [-0.2, 0) is 13.1 Å². The van der Waals surface area contributed by atoms with Crippen molar-refractivity contribution >= 4 is 31.9 Å². The number of hydrogen-bond acceptors (Lipinski definition) is 4. The van der Waals surface area contributed by atoms with Crippen LogP contribution in [0.5, 0.6) is 0 Å². The van der Waals surface area contributed by atoms with Crippen LogP contribution in [0.1, 0.15) is 62.5 Å². The van der Waals surface area contributed by atoms with Gasteiger partial charge in [0.15, 0.2) is 0 Å². The Morgan fingerprint density at radius 3 is 1.43 bits per heavy atom. The zero-order valence-corrected chi connectivity index (χ0v) is 26.0. The van der Waals surface area contributed by atoms with Crippen LogP contribution in [-0.4, -0.2) is 55.7 Å². The lowest BCUT2D eigenvalue weighted by atomic mass is 9.81. The molecule has 8 nitrogen and oxygen atoms in total. The molecule has 0 aromatic heterocycles. The lowest BCUT2D eigenvalue weighted by Crippen LogP contribution is -2.58. The third-order valence-electron chi connectivity index (χ3n) is 9.24. The van der Waals surface area contributed by atoms with Gasteiger partial charge in [-0.05, 0) is 73.6 Å². The summed E-state index contributed by atoms with van der Waals surface area (Å²) in [6.45, 7) is 1.91. The molecule has 2 aromatic rings. The van der Waals surface area contributed by atoms with E-state index in [1.807, 2.05) is 0 Å². The van der Waals surface area contributed by atoms with Crippen LogP contribution in [0.2, 0.25) is 0 Å². The highest BCUT2D eigenvalue weighted by molar-refractivity contribution is 9.09. The average molecular weight is 670 g/mol. The summed E-state index contributed by atoms with van der Waals surface area (Å²) in [4.78, 5) is 12.3. The minimum absolute atomic E-state index is 0.122. The Balaban J connectivity index is 0.000000161.